The Morgan fingerprint density at radius 1 is 1.35 bits per heavy atom. The lowest BCUT2D eigenvalue weighted by molar-refractivity contribution is -0.00881. The Hall–Kier alpha value is -1.59. The van der Waals surface area contributed by atoms with Crippen molar-refractivity contribution in [1.29, 1.82) is 0 Å². The Bertz CT molecular complexity index is 375. The van der Waals surface area contributed by atoms with Crippen LogP contribution in [-0.2, 0) is 9.47 Å². The zero-order valence-corrected chi connectivity index (χ0v) is 9.93. The lowest BCUT2D eigenvalue weighted by Crippen LogP contribution is -2.08. The minimum absolute atomic E-state index is 0.0767. The summed E-state index contributed by atoms with van der Waals surface area (Å²) in [6.07, 6.45) is 0. The molecule has 0 aliphatic rings. The van der Waals surface area contributed by atoms with Gasteiger partial charge in [-0.3, -0.25) is 0 Å². The summed E-state index contributed by atoms with van der Waals surface area (Å²) < 4.78 is 15.3. The van der Waals surface area contributed by atoms with E-state index < -0.39 is 5.97 Å². The van der Waals surface area contributed by atoms with Crippen LogP contribution in [0.4, 0.5) is 0 Å². The highest BCUT2D eigenvalue weighted by Gasteiger charge is 2.06. The molecule has 0 saturated carbocycles. The monoisotopic (exact) mass is 240 g/mol. The lowest BCUT2D eigenvalue weighted by Gasteiger charge is -2.10. The number of aromatic carboxylic acids is 1. The summed E-state index contributed by atoms with van der Waals surface area (Å²) >= 11 is 0. The predicted molar refractivity (Wildman–Crippen MR) is 61.5 cm³/mol. The van der Waals surface area contributed by atoms with Crippen LogP contribution in [0.2, 0.25) is 0 Å². The molecule has 5 heteroatoms. The van der Waals surface area contributed by atoms with Gasteiger partial charge in [0.1, 0.15) is 5.75 Å². The first-order chi connectivity index (χ1) is 8.15. The lowest BCUT2D eigenvalue weighted by atomic mass is 10.1. The van der Waals surface area contributed by atoms with Gasteiger partial charge in [0.25, 0.3) is 0 Å². The van der Waals surface area contributed by atoms with E-state index in [0.717, 1.165) is 5.56 Å². The molecule has 1 aromatic rings. The Morgan fingerprint density at radius 2 is 2.12 bits per heavy atom. The molecule has 0 aromatic heterocycles. The molecule has 0 spiro atoms. The van der Waals surface area contributed by atoms with Crippen molar-refractivity contribution in [3.8, 4) is 5.75 Å². The molecule has 17 heavy (non-hydrogen) atoms. The maximum Gasteiger partial charge on any atom is 0.335 e. The predicted octanol–water partition coefficient (Wildman–Crippen LogP) is 1.69. The van der Waals surface area contributed by atoms with Crippen LogP contribution in [0.1, 0.15) is 15.9 Å². The molecule has 0 saturated heterocycles. The molecule has 1 rings (SSSR count). The molecule has 1 aromatic carbocycles. The number of benzene rings is 1. The molecule has 0 atom stereocenters. The van der Waals surface area contributed by atoms with E-state index in [2.05, 4.69) is 0 Å². The summed E-state index contributed by atoms with van der Waals surface area (Å²) in [5.74, 6) is -0.461. The standard InChI is InChI=1S/C12H16O5/c1-9-3-4-10(12(13)14)7-11(9)17-8-16-6-5-15-2/h3-4,7H,5-6,8H2,1-2H3,(H,13,14). The summed E-state index contributed by atoms with van der Waals surface area (Å²) in [7, 11) is 1.59. The second kappa shape index (κ2) is 6.88. The highest BCUT2D eigenvalue weighted by Crippen LogP contribution is 2.19. The van der Waals surface area contributed by atoms with E-state index in [-0.39, 0.29) is 12.4 Å². The summed E-state index contributed by atoms with van der Waals surface area (Å²) in [6.45, 7) is 2.86. The summed E-state index contributed by atoms with van der Waals surface area (Å²) in [5.41, 5.74) is 1.06. The van der Waals surface area contributed by atoms with Crippen LogP contribution in [0.3, 0.4) is 0 Å². The minimum atomic E-state index is -0.977. The van der Waals surface area contributed by atoms with E-state index >= 15 is 0 Å². The summed E-state index contributed by atoms with van der Waals surface area (Å²) in [4.78, 5) is 10.8. The number of ether oxygens (including phenoxy) is 3. The molecule has 0 unspecified atom stereocenters. The number of carbonyl (C=O) groups is 1. The number of carboxylic acids is 1. The maximum atomic E-state index is 10.8. The molecular weight excluding hydrogens is 224 g/mol. The molecule has 5 nitrogen and oxygen atoms in total. The third-order valence-electron chi connectivity index (χ3n) is 2.16. The van der Waals surface area contributed by atoms with Gasteiger partial charge in [0.05, 0.1) is 18.8 Å². The normalized spacial score (nSPS) is 10.2. The SMILES string of the molecule is COCCOCOc1cc(C(=O)O)ccc1C. The van der Waals surface area contributed by atoms with Gasteiger partial charge in [-0.1, -0.05) is 6.07 Å². The van der Waals surface area contributed by atoms with Crippen molar-refractivity contribution < 1.29 is 24.1 Å². The molecule has 94 valence electrons. The number of aryl methyl sites for hydroxylation is 1. The van der Waals surface area contributed by atoms with E-state index in [1.165, 1.54) is 12.1 Å². The Balaban J connectivity index is 2.51. The van der Waals surface area contributed by atoms with Crippen molar-refractivity contribution in [1.82, 2.24) is 0 Å². The summed E-state index contributed by atoms with van der Waals surface area (Å²) in [6, 6.07) is 4.72. The van der Waals surface area contributed by atoms with Crippen LogP contribution in [0.25, 0.3) is 0 Å². The molecule has 0 amide bonds. The zero-order valence-electron chi connectivity index (χ0n) is 9.93. The molecule has 0 aliphatic carbocycles. The highest BCUT2D eigenvalue weighted by atomic mass is 16.7. The van der Waals surface area contributed by atoms with Crippen molar-refractivity contribution in [2.75, 3.05) is 27.1 Å². The van der Waals surface area contributed by atoms with Crippen LogP contribution in [0.5, 0.6) is 5.75 Å². The van der Waals surface area contributed by atoms with Crippen molar-refractivity contribution in [3.05, 3.63) is 29.3 Å². The van der Waals surface area contributed by atoms with E-state index in [1.807, 2.05) is 6.92 Å². The first-order valence-corrected chi connectivity index (χ1v) is 5.18. The van der Waals surface area contributed by atoms with Gasteiger partial charge >= 0.3 is 5.97 Å². The van der Waals surface area contributed by atoms with Crippen LogP contribution in [0.15, 0.2) is 18.2 Å². The third kappa shape index (κ3) is 4.42. The first kappa shape index (κ1) is 13.5. The average Bonchev–Trinajstić information content (AvgIpc) is 2.30. The Kier molecular flexibility index (Phi) is 5.45. The van der Waals surface area contributed by atoms with E-state index in [4.69, 9.17) is 19.3 Å². The van der Waals surface area contributed by atoms with Gasteiger partial charge in [0, 0.05) is 7.11 Å². The fourth-order valence-electron chi connectivity index (χ4n) is 1.19. The number of methoxy groups -OCH3 is 1. The number of carboxylic acid groups (broad SMARTS) is 1. The van der Waals surface area contributed by atoms with Crippen LogP contribution < -0.4 is 4.74 Å². The zero-order chi connectivity index (χ0) is 12.7. The topological polar surface area (TPSA) is 65.0 Å². The van der Waals surface area contributed by atoms with Crippen molar-refractivity contribution in [2.24, 2.45) is 0 Å². The van der Waals surface area contributed by atoms with Gasteiger partial charge in [-0.25, -0.2) is 4.79 Å². The van der Waals surface area contributed by atoms with Crippen LogP contribution in [-0.4, -0.2) is 38.2 Å². The van der Waals surface area contributed by atoms with Gasteiger partial charge in [-0.15, -0.1) is 0 Å². The van der Waals surface area contributed by atoms with Gasteiger partial charge in [-0.2, -0.15) is 0 Å². The average molecular weight is 240 g/mol. The molecule has 1 N–H and O–H groups in total. The largest absolute Gasteiger partial charge is 0.478 e. The van der Waals surface area contributed by atoms with Crippen molar-refractivity contribution in [2.45, 2.75) is 6.92 Å². The van der Waals surface area contributed by atoms with Crippen molar-refractivity contribution >= 4 is 5.97 Å². The maximum absolute atomic E-state index is 10.8. The van der Waals surface area contributed by atoms with Gasteiger partial charge < -0.3 is 19.3 Å². The highest BCUT2D eigenvalue weighted by molar-refractivity contribution is 5.88. The molecule has 0 aliphatic heterocycles. The smallest absolute Gasteiger partial charge is 0.335 e. The first-order valence-electron chi connectivity index (χ1n) is 5.18. The Morgan fingerprint density at radius 3 is 2.76 bits per heavy atom. The second-order valence-electron chi connectivity index (χ2n) is 3.45. The quantitative estimate of drug-likeness (QED) is 0.580. The molecule has 0 bridgehead atoms. The fraction of sp³-hybridized carbons (Fsp3) is 0.417. The number of rotatable bonds is 7. The molecular formula is C12H16O5. The van der Waals surface area contributed by atoms with Gasteiger partial charge in [0.15, 0.2) is 6.79 Å². The van der Waals surface area contributed by atoms with Crippen LogP contribution in [0, 0.1) is 6.92 Å². The molecule has 0 fully saturated rings. The van der Waals surface area contributed by atoms with E-state index in [9.17, 15) is 4.79 Å². The van der Waals surface area contributed by atoms with E-state index in [1.54, 1.807) is 13.2 Å². The molecule has 0 heterocycles. The number of hydrogen-bond donors (Lipinski definition) is 1. The van der Waals surface area contributed by atoms with Gasteiger partial charge in [0.2, 0.25) is 0 Å². The second-order valence-corrected chi connectivity index (χ2v) is 3.45. The molecule has 0 radical (unpaired) electrons. The fourth-order valence-corrected chi connectivity index (χ4v) is 1.19. The minimum Gasteiger partial charge on any atom is -0.478 e. The van der Waals surface area contributed by atoms with Gasteiger partial charge in [-0.05, 0) is 24.6 Å². The van der Waals surface area contributed by atoms with Crippen LogP contribution >= 0.6 is 0 Å². The Labute approximate surface area is 99.9 Å². The number of hydrogen-bond acceptors (Lipinski definition) is 4. The van der Waals surface area contributed by atoms with E-state index in [0.29, 0.717) is 19.0 Å². The van der Waals surface area contributed by atoms with Crippen molar-refractivity contribution in [3.63, 3.8) is 0 Å². The third-order valence-corrected chi connectivity index (χ3v) is 2.16. The summed E-state index contributed by atoms with van der Waals surface area (Å²) in [5, 5.41) is 8.84.